The van der Waals surface area contributed by atoms with E-state index in [4.69, 9.17) is 4.52 Å². The van der Waals surface area contributed by atoms with Gasteiger partial charge in [0.15, 0.2) is 0 Å². The first-order valence-corrected chi connectivity index (χ1v) is 11.5. The second-order valence-corrected chi connectivity index (χ2v) is 9.64. The van der Waals surface area contributed by atoms with Gasteiger partial charge in [-0.15, -0.1) is 0 Å². The highest BCUT2D eigenvalue weighted by molar-refractivity contribution is 7.89. The van der Waals surface area contributed by atoms with E-state index in [0.29, 0.717) is 31.1 Å². The van der Waals surface area contributed by atoms with E-state index in [1.165, 1.54) is 0 Å². The first-order valence-electron chi connectivity index (χ1n) is 10.1. The van der Waals surface area contributed by atoms with Gasteiger partial charge in [0.25, 0.3) is 0 Å². The van der Waals surface area contributed by atoms with E-state index in [2.05, 4.69) is 29.3 Å². The number of nitrogens with zero attached hydrogens (tertiary/aromatic N) is 3. The summed E-state index contributed by atoms with van der Waals surface area (Å²) in [6.07, 6.45) is 4.77. The van der Waals surface area contributed by atoms with Crippen molar-refractivity contribution < 1.29 is 17.7 Å². The third-order valence-corrected chi connectivity index (χ3v) is 6.86. The Morgan fingerprint density at radius 2 is 1.79 bits per heavy atom. The Morgan fingerprint density at radius 3 is 2.41 bits per heavy atom. The van der Waals surface area contributed by atoms with Crippen molar-refractivity contribution in [3.63, 3.8) is 0 Å². The van der Waals surface area contributed by atoms with Crippen LogP contribution in [0.25, 0.3) is 11.4 Å². The molecule has 1 aromatic carbocycles. The van der Waals surface area contributed by atoms with Crippen LogP contribution in [0.5, 0.6) is 0 Å². The van der Waals surface area contributed by atoms with Crippen molar-refractivity contribution in [2.45, 2.75) is 50.8 Å². The van der Waals surface area contributed by atoms with Crippen LogP contribution < -0.4 is 5.32 Å². The molecule has 29 heavy (non-hydrogen) atoms. The predicted octanol–water partition coefficient (Wildman–Crippen LogP) is 3.08. The Balaban J connectivity index is 1.69. The summed E-state index contributed by atoms with van der Waals surface area (Å²) in [6.45, 7) is 5.81. The lowest BCUT2D eigenvalue weighted by Crippen LogP contribution is -2.31. The summed E-state index contributed by atoms with van der Waals surface area (Å²) in [6, 6.07) is 6.37. The molecule has 1 saturated heterocycles. The van der Waals surface area contributed by atoms with Gasteiger partial charge in [0.05, 0.1) is 4.90 Å². The maximum absolute atomic E-state index is 12.9. The van der Waals surface area contributed by atoms with Crippen LogP contribution in [0.1, 0.15) is 56.6 Å². The van der Waals surface area contributed by atoms with Gasteiger partial charge in [0, 0.05) is 25.2 Å². The molecule has 1 amide bonds. The van der Waals surface area contributed by atoms with Crippen molar-refractivity contribution >= 4 is 15.9 Å². The van der Waals surface area contributed by atoms with Gasteiger partial charge in [-0.2, -0.15) is 9.29 Å². The zero-order chi connectivity index (χ0) is 20.9. The number of benzene rings is 1. The highest BCUT2D eigenvalue weighted by Crippen LogP contribution is 2.23. The quantitative estimate of drug-likeness (QED) is 0.738. The minimum atomic E-state index is -3.50. The Bertz CT molecular complexity index is 914. The molecule has 8 nitrogen and oxygen atoms in total. The number of hydrogen-bond acceptors (Lipinski definition) is 6. The van der Waals surface area contributed by atoms with Crippen LogP contribution in [0.4, 0.5) is 0 Å². The molecule has 0 aliphatic carbocycles. The van der Waals surface area contributed by atoms with E-state index in [0.717, 1.165) is 32.1 Å². The maximum Gasteiger partial charge on any atom is 0.316 e. The maximum atomic E-state index is 12.9. The van der Waals surface area contributed by atoms with Gasteiger partial charge >= 0.3 is 11.8 Å². The number of sulfonamides is 1. The SMILES string of the molecule is CC(C)CCNC(=O)c1nc(-c2ccc(S(=O)(=O)N3CCCCCC3)cc2)no1. The Hall–Kier alpha value is -2.26. The number of rotatable bonds is 7. The van der Waals surface area contributed by atoms with Gasteiger partial charge < -0.3 is 9.84 Å². The first-order chi connectivity index (χ1) is 13.9. The van der Waals surface area contributed by atoms with E-state index in [9.17, 15) is 13.2 Å². The molecule has 0 saturated carbocycles. The third kappa shape index (κ3) is 5.42. The molecule has 2 aromatic rings. The van der Waals surface area contributed by atoms with Crippen molar-refractivity contribution in [1.29, 1.82) is 0 Å². The lowest BCUT2D eigenvalue weighted by molar-refractivity contribution is 0.0908. The van der Waals surface area contributed by atoms with Gasteiger partial charge in [-0.05, 0) is 49.4 Å². The normalized spacial score (nSPS) is 16.0. The molecule has 0 radical (unpaired) electrons. The van der Waals surface area contributed by atoms with Crippen LogP contribution in [-0.4, -0.2) is 48.4 Å². The molecule has 1 aromatic heterocycles. The highest BCUT2D eigenvalue weighted by atomic mass is 32.2. The summed E-state index contributed by atoms with van der Waals surface area (Å²) in [7, 11) is -3.50. The molecule has 0 bridgehead atoms. The van der Waals surface area contributed by atoms with E-state index in [-0.39, 0.29) is 16.6 Å². The summed E-state index contributed by atoms with van der Waals surface area (Å²) >= 11 is 0. The molecule has 1 N–H and O–H groups in total. The monoisotopic (exact) mass is 420 g/mol. The van der Waals surface area contributed by atoms with Crippen LogP contribution >= 0.6 is 0 Å². The second kappa shape index (κ2) is 9.49. The standard InChI is InChI=1S/C20H28N4O4S/c1-15(2)11-12-21-19(25)20-22-18(23-28-20)16-7-9-17(10-8-16)29(26,27)24-13-5-3-4-6-14-24/h7-10,15H,3-6,11-14H2,1-2H3,(H,21,25). The number of carbonyl (C=O) groups excluding carboxylic acids is 1. The van der Waals surface area contributed by atoms with Crippen molar-refractivity contribution in [1.82, 2.24) is 19.8 Å². The van der Waals surface area contributed by atoms with Gasteiger partial charge in [0.2, 0.25) is 15.8 Å². The van der Waals surface area contributed by atoms with Crippen LogP contribution in [0, 0.1) is 5.92 Å². The molecule has 0 atom stereocenters. The van der Waals surface area contributed by atoms with Gasteiger partial charge in [0.1, 0.15) is 0 Å². The van der Waals surface area contributed by atoms with E-state index < -0.39 is 15.9 Å². The lowest BCUT2D eigenvalue weighted by atomic mass is 10.1. The smallest absolute Gasteiger partial charge is 0.316 e. The van der Waals surface area contributed by atoms with Crippen LogP contribution in [-0.2, 0) is 10.0 Å². The molecule has 0 spiro atoms. The van der Waals surface area contributed by atoms with Crippen LogP contribution in [0.3, 0.4) is 0 Å². The number of carbonyl (C=O) groups is 1. The fourth-order valence-electron chi connectivity index (χ4n) is 3.19. The minimum absolute atomic E-state index is 0.106. The van der Waals surface area contributed by atoms with Crippen LogP contribution in [0.2, 0.25) is 0 Å². The molecule has 0 unspecified atom stereocenters. The van der Waals surface area contributed by atoms with E-state index >= 15 is 0 Å². The fraction of sp³-hybridized carbons (Fsp3) is 0.550. The topological polar surface area (TPSA) is 105 Å². The van der Waals surface area contributed by atoms with E-state index in [1.807, 2.05) is 0 Å². The average Bonchev–Trinajstić information content (AvgIpc) is 3.02. The summed E-state index contributed by atoms with van der Waals surface area (Å²) in [5, 5.41) is 6.58. The van der Waals surface area contributed by atoms with Gasteiger partial charge in [-0.1, -0.05) is 31.8 Å². The number of amides is 1. The molecule has 2 heterocycles. The van der Waals surface area contributed by atoms with Crippen molar-refractivity contribution in [3.8, 4) is 11.4 Å². The molecule has 1 aliphatic heterocycles. The van der Waals surface area contributed by atoms with Crippen molar-refractivity contribution in [3.05, 3.63) is 30.2 Å². The molecule has 3 rings (SSSR count). The Morgan fingerprint density at radius 1 is 1.14 bits per heavy atom. The Labute approximate surface area is 171 Å². The van der Waals surface area contributed by atoms with Crippen molar-refractivity contribution in [2.75, 3.05) is 19.6 Å². The molecule has 9 heteroatoms. The zero-order valence-corrected chi connectivity index (χ0v) is 17.7. The van der Waals surface area contributed by atoms with E-state index in [1.54, 1.807) is 28.6 Å². The lowest BCUT2D eigenvalue weighted by Gasteiger charge is -2.19. The number of aromatic nitrogens is 2. The summed E-state index contributed by atoms with van der Waals surface area (Å²) in [4.78, 5) is 16.4. The minimum Gasteiger partial charge on any atom is -0.348 e. The summed E-state index contributed by atoms with van der Waals surface area (Å²) in [5.41, 5.74) is 0.588. The third-order valence-electron chi connectivity index (χ3n) is 4.94. The zero-order valence-electron chi connectivity index (χ0n) is 16.9. The molecule has 1 fully saturated rings. The first kappa shape index (κ1) is 21.4. The number of hydrogen-bond donors (Lipinski definition) is 1. The Kier molecular flexibility index (Phi) is 7.02. The van der Waals surface area contributed by atoms with Gasteiger partial charge in [-0.25, -0.2) is 8.42 Å². The summed E-state index contributed by atoms with van der Waals surface area (Å²) < 4.78 is 32.3. The number of nitrogens with one attached hydrogen (secondary N) is 1. The molecular weight excluding hydrogens is 392 g/mol. The van der Waals surface area contributed by atoms with Crippen LogP contribution in [0.15, 0.2) is 33.7 Å². The summed E-state index contributed by atoms with van der Waals surface area (Å²) in [5.74, 6) is 0.213. The second-order valence-electron chi connectivity index (χ2n) is 7.70. The van der Waals surface area contributed by atoms with Gasteiger partial charge in [-0.3, -0.25) is 4.79 Å². The molecular formula is C20H28N4O4S. The fourth-order valence-corrected chi connectivity index (χ4v) is 4.71. The van der Waals surface area contributed by atoms with Crippen molar-refractivity contribution in [2.24, 2.45) is 5.92 Å². The highest BCUT2D eigenvalue weighted by Gasteiger charge is 2.25. The molecule has 1 aliphatic rings. The predicted molar refractivity (Wildman–Crippen MR) is 109 cm³/mol. The largest absolute Gasteiger partial charge is 0.348 e. The average molecular weight is 421 g/mol. The molecule has 158 valence electrons.